The van der Waals surface area contributed by atoms with Crippen LogP contribution in [0.15, 0.2) is 73.1 Å². The topological polar surface area (TPSA) is 75.9 Å². The first-order chi connectivity index (χ1) is 15.2. The Morgan fingerprint density at radius 2 is 1.94 bits per heavy atom. The van der Waals surface area contributed by atoms with Gasteiger partial charge in [0.1, 0.15) is 5.82 Å². The molecule has 1 amide bonds. The molecular weight excluding hydrogens is 388 g/mol. The van der Waals surface area contributed by atoms with Crippen LogP contribution in [0.1, 0.15) is 11.1 Å². The Bertz CT molecular complexity index is 1230. The molecular formula is C24H22N6O. The molecule has 1 aliphatic heterocycles. The summed E-state index contributed by atoms with van der Waals surface area (Å²) in [5.74, 6) is 1.46. The van der Waals surface area contributed by atoms with Crippen molar-refractivity contribution >= 4 is 23.4 Å². The molecule has 2 aromatic heterocycles. The van der Waals surface area contributed by atoms with Crippen LogP contribution < -0.4 is 10.2 Å². The lowest BCUT2D eigenvalue weighted by Gasteiger charge is -2.17. The summed E-state index contributed by atoms with van der Waals surface area (Å²) in [4.78, 5) is 23.7. The number of carbonyl (C=O) groups is 1. The fourth-order valence-electron chi connectivity index (χ4n) is 3.88. The van der Waals surface area contributed by atoms with Crippen LogP contribution in [0.5, 0.6) is 0 Å². The lowest BCUT2D eigenvalue weighted by molar-refractivity contribution is -0.117. The highest BCUT2D eigenvalue weighted by Gasteiger charge is 2.25. The summed E-state index contributed by atoms with van der Waals surface area (Å²) in [7, 11) is 1.86. The van der Waals surface area contributed by atoms with Crippen molar-refractivity contribution in [3.63, 3.8) is 0 Å². The van der Waals surface area contributed by atoms with Crippen LogP contribution >= 0.6 is 0 Å². The summed E-state index contributed by atoms with van der Waals surface area (Å²) in [6.07, 6.45) is 4.72. The van der Waals surface area contributed by atoms with Crippen LogP contribution in [0.4, 0.5) is 17.5 Å². The van der Waals surface area contributed by atoms with Gasteiger partial charge in [0, 0.05) is 37.1 Å². The van der Waals surface area contributed by atoms with Gasteiger partial charge in [0.15, 0.2) is 0 Å². The van der Waals surface area contributed by atoms with Crippen LogP contribution in [-0.4, -0.2) is 32.2 Å². The number of hydrogen-bond acceptors (Lipinski definition) is 5. The molecule has 3 heterocycles. The number of aryl methyl sites for hydroxylation is 1. The third kappa shape index (κ3) is 3.90. The molecule has 0 radical (unpaired) electrons. The summed E-state index contributed by atoms with van der Waals surface area (Å²) in [6, 6.07) is 19.8. The SMILES string of the molecule is Cn1nccc1Nc1nccc(-c2ccc3c(c2)CCN3C(=O)Cc2ccccc2)n1. The molecule has 0 saturated carbocycles. The minimum atomic E-state index is 0.127. The highest BCUT2D eigenvalue weighted by atomic mass is 16.2. The number of fused-ring (bicyclic) bond motifs is 1. The molecule has 7 nitrogen and oxygen atoms in total. The number of carbonyl (C=O) groups excluding carboxylic acids is 1. The minimum Gasteiger partial charge on any atom is -0.312 e. The molecule has 154 valence electrons. The van der Waals surface area contributed by atoms with E-state index in [2.05, 4.69) is 26.4 Å². The molecule has 5 rings (SSSR count). The molecule has 0 spiro atoms. The number of hydrogen-bond donors (Lipinski definition) is 1. The third-order valence-electron chi connectivity index (χ3n) is 5.49. The van der Waals surface area contributed by atoms with Crippen molar-refractivity contribution < 1.29 is 4.79 Å². The van der Waals surface area contributed by atoms with Gasteiger partial charge in [-0.2, -0.15) is 5.10 Å². The maximum atomic E-state index is 12.8. The van der Waals surface area contributed by atoms with Crippen LogP contribution in [0.3, 0.4) is 0 Å². The number of nitrogens with zero attached hydrogens (tertiary/aromatic N) is 5. The summed E-state index contributed by atoms with van der Waals surface area (Å²) in [5, 5.41) is 7.33. The average Bonchev–Trinajstić information content (AvgIpc) is 3.40. The lowest BCUT2D eigenvalue weighted by atomic mass is 10.1. The van der Waals surface area contributed by atoms with E-state index in [0.717, 1.165) is 34.7 Å². The highest BCUT2D eigenvalue weighted by Crippen LogP contribution is 2.32. The molecule has 7 heteroatoms. The number of aromatic nitrogens is 4. The van der Waals surface area contributed by atoms with Gasteiger partial charge in [-0.1, -0.05) is 36.4 Å². The van der Waals surface area contributed by atoms with Gasteiger partial charge in [-0.25, -0.2) is 9.97 Å². The number of anilines is 3. The van der Waals surface area contributed by atoms with Crippen LogP contribution in [0, 0.1) is 0 Å². The smallest absolute Gasteiger partial charge is 0.231 e. The van der Waals surface area contributed by atoms with Gasteiger partial charge in [-0.3, -0.25) is 9.48 Å². The van der Waals surface area contributed by atoms with Crippen molar-refractivity contribution in [2.24, 2.45) is 7.05 Å². The number of amides is 1. The van der Waals surface area contributed by atoms with Crippen molar-refractivity contribution in [2.45, 2.75) is 12.8 Å². The van der Waals surface area contributed by atoms with Gasteiger partial charge in [-0.05, 0) is 35.7 Å². The molecule has 0 atom stereocenters. The summed E-state index contributed by atoms with van der Waals surface area (Å²) >= 11 is 0. The second-order valence-electron chi connectivity index (χ2n) is 7.53. The zero-order valence-electron chi connectivity index (χ0n) is 17.2. The molecule has 0 aliphatic carbocycles. The summed E-state index contributed by atoms with van der Waals surface area (Å²) in [6.45, 7) is 0.710. The number of rotatable bonds is 5. The maximum absolute atomic E-state index is 12.8. The first-order valence-corrected chi connectivity index (χ1v) is 10.2. The van der Waals surface area contributed by atoms with Gasteiger partial charge < -0.3 is 10.2 Å². The highest BCUT2D eigenvalue weighted by molar-refractivity contribution is 5.97. The third-order valence-corrected chi connectivity index (χ3v) is 5.49. The largest absolute Gasteiger partial charge is 0.312 e. The number of nitrogens with one attached hydrogen (secondary N) is 1. The van der Waals surface area contributed by atoms with E-state index in [1.807, 2.05) is 66.5 Å². The normalized spacial score (nSPS) is 12.6. The van der Waals surface area contributed by atoms with Gasteiger partial charge in [0.05, 0.1) is 18.3 Å². The Kier molecular flexibility index (Phi) is 4.92. The Balaban J connectivity index is 1.36. The molecule has 0 saturated heterocycles. The maximum Gasteiger partial charge on any atom is 0.231 e. The Labute approximate surface area is 180 Å². The van der Waals surface area contributed by atoms with E-state index in [1.54, 1.807) is 17.1 Å². The first kappa shape index (κ1) is 19.0. The van der Waals surface area contributed by atoms with E-state index in [-0.39, 0.29) is 5.91 Å². The van der Waals surface area contributed by atoms with Crippen LogP contribution in [0.2, 0.25) is 0 Å². The first-order valence-electron chi connectivity index (χ1n) is 10.2. The zero-order chi connectivity index (χ0) is 21.2. The van der Waals surface area contributed by atoms with Crippen molar-refractivity contribution in [3.8, 4) is 11.3 Å². The predicted octanol–water partition coefficient (Wildman–Crippen LogP) is 3.75. The lowest BCUT2D eigenvalue weighted by Crippen LogP contribution is -2.30. The standard InChI is InChI=1S/C24H22N6O/c1-29-22(10-13-26-29)28-24-25-12-9-20(27-24)18-7-8-21-19(16-18)11-14-30(21)23(31)15-17-5-3-2-4-6-17/h2-10,12-13,16H,11,14-15H2,1H3,(H,25,27,28). The van der Waals surface area contributed by atoms with E-state index >= 15 is 0 Å². The average molecular weight is 410 g/mol. The predicted molar refractivity (Wildman–Crippen MR) is 120 cm³/mol. The van der Waals surface area contributed by atoms with Crippen molar-refractivity contribution in [1.82, 2.24) is 19.7 Å². The fraction of sp³-hybridized carbons (Fsp3) is 0.167. The van der Waals surface area contributed by atoms with Crippen molar-refractivity contribution in [1.29, 1.82) is 0 Å². The monoisotopic (exact) mass is 410 g/mol. The Morgan fingerprint density at radius 3 is 2.74 bits per heavy atom. The molecule has 0 fully saturated rings. The van der Waals surface area contributed by atoms with Gasteiger partial charge >= 0.3 is 0 Å². The minimum absolute atomic E-state index is 0.127. The molecule has 0 bridgehead atoms. The van der Waals surface area contributed by atoms with E-state index in [9.17, 15) is 4.79 Å². The second-order valence-corrected chi connectivity index (χ2v) is 7.53. The molecule has 31 heavy (non-hydrogen) atoms. The van der Waals surface area contributed by atoms with Crippen LogP contribution in [-0.2, 0) is 24.7 Å². The van der Waals surface area contributed by atoms with Crippen molar-refractivity contribution in [3.05, 3.63) is 84.2 Å². The van der Waals surface area contributed by atoms with E-state index in [4.69, 9.17) is 0 Å². The Hall–Kier alpha value is -4.00. The molecule has 0 unspecified atom stereocenters. The number of benzene rings is 2. The summed E-state index contributed by atoms with van der Waals surface area (Å²) in [5.41, 5.74) is 5.03. The molecule has 2 aromatic carbocycles. The van der Waals surface area contributed by atoms with Crippen molar-refractivity contribution in [2.75, 3.05) is 16.8 Å². The fourth-order valence-corrected chi connectivity index (χ4v) is 3.88. The van der Waals surface area contributed by atoms with Gasteiger partial charge in [-0.15, -0.1) is 0 Å². The summed E-state index contributed by atoms with van der Waals surface area (Å²) < 4.78 is 1.73. The van der Waals surface area contributed by atoms with E-state index in [1.165, 1.54) is 5.56 Å². The van der Waals surface area contributed by atoms with Gasteiger partial charge in [0.2, 0.25) is 11.9 Å². The van der Waals surface area contributed by atoms with Gasteiger partial charge in [0.25, 0.3) is 0 Å². The molecule has 1 aliphatic rings. The molecule has 4 aromatic rings. The zero-order valence-corrected chi connectivity index (χ0v) is 17.2. The quantitative estimate of drug-likeness (QED) is 0.542. The van der Waals surface area contributed by atoms with Crippen LogP contribution in [0.25, 0.3) is 11.3 Å². The second kappa shape index (κ2) is 8.02. The Morgan fingerprint density at radius 1 is 1.06 bits per heavy atom. The van der Waals surface area contributed by atoms with E-state index in [0.29, 0.717) is 18.9 Å². The molecule has 1 N–H and O–H groups in total. The van der Waals surface area contributed by atoms with E-state index < -0.39 is 0 Å².